The molecule has 0 aliphatic rings. The molecule has 0 heterocycles. The van der Waals surface area contributed by atoms with Crippen LogP contribution in [-0.4, -0.2) is 109 Å². The molecule has 0 spiro atoms. The molecular weight excluding hydrogens is 808 g/mol. The van der Waals surface area contributed by atoms with Crippen molar-refractivity contribution in [3.63, 3.8) is 0 Å². The van der Waals surface area contributed by atoms with E-state index in [9.17, 15) is 28.9 Å². The van der Waals surface area contributed by atoms with E-state index in [4.69, 9.17) is 29.4 Å². The van der Waals surface area contributed by atoms with Crippen LogP contribution in [0.3, 0.4) is 0 Å². The van der Waals surface area contributed by atoms with Gasteiger partial charge < -0.3 is 43.8 Å². The third-order valence-electron chi connectivity index (χ3n) is 9.35. The summed E-state index contributed by atoms with van der Waals surface area (Å²) in [6.45, 7) is 3.58. The van der Waals surface area contributed by atoms with Crippen LogP contribution in [0.5, 0.6) is 0 Å². The van der Waals surface area contributed by atoms with Gasteiger partial charge in [-0.25, -0.2) is 0 Å². The fourth-order valence-corrected chi connectivity index (χ4v) is 7.52. The van der Waals surface area contributed by atoms with E-state index in [1.54, 1.807) is 12.2 Å². The van der Waals surface area contributed by atoms with E-state index in [2.05, 4.69) is 26.0 Å². The molecule has 15 heteroatoms. The van der Waals surface area contributed by atoms with Gasteiger partial charge >= 0.3 is 17.9 Å². The van der Waals surface area contributed by atoms with E-state index in [-0.39, 0.29) is 38.0 Å². The Bertz CT molecular complexity index is 1290. The van der Waals surface area contributed by atoms with Gasteiger partial charge in [-0.2, -0.15) is 0 Å². The number of nitrogens with two attached hydrogens (primary N) is 1. The lowest BCUT2D eigenvalue weighted by Crippen LogP contribution is -2.40. The second-order valence-electron chi connectivity index (χ2n) is 16.3. The fraction of sp³-hybridized carbons (Fsp3) is 0.756. The number of carboxylic acid groups (broad SMARTS) is 1. The maximum absolute atomic E-state index is 13.2. The number of rotatable bonds is 40. The zero-order chi connectivity index (χ0) is 44.9. The summed E-state index contributed by atoms with van der Waals surface area (Å²) in [4.78, 5) is 49.4. The summed E-state index contributed by atoms with van der Waals surface area (Å²) in [5.41, 5.74) is 6.22. The van der Waals surface area contributed by atoms with Crippen molar-refractivity contribution in [2.75, 3.05) is 53.3 Å². The Kier molecular flexibility index (Phi) is 35.9. The quantitative estimate of drug-likeness (QED) is 0.0132. The van der Waals surface area contributed by atoms with Crippen molar-refractivity contribution in [3.8, 4) is 0 Å². The maximum atomic E-state index is 13.2. The van der Waals surface area contributed by atoms with Gasteiger partial charge in [-0.1, -0.05) is 140 Å². The molecule has 0 bridgehead atoms. The van der Waals surface area contributed by atoms with E-state index in [0.29, 0.717) is 17.4 Å². The zero-order valence-electron chi connectivity index (χ0n) is 37.6. The molecule has 0 saturated carbocycles. The average Bonchev–Trinajstić information content (AvgIpc) is 3.18. The van der Waals surface area contributed by atoms with Crippen LogP contribution in [0.15, 0.2) is 48.6 Å². The Morgan fingerprint density at radius 3 is 2.03 bits per heavy atom. The topological polar surface area (TPSA) is 195 Å². The third-order valence-corrected chi connectivity index (χ3v) is 11.7. The normalized spacial score (nSPS) is 15.5. The number of phosphoric ester groups is 1. The Morgan fingerprint density at radius 1 is 0.783 bits per heavy atom. The van der Waals surface area contributed by atoms with Crippen LogP contribution in [0.2, 0.25) is 0 Å². The van der Waals surface area contributed by atoms with E-state index >= 15 is 0 Å². The van der Waals surface area contributed by atoms with Gasteiger partial charge in [-0.05, 0) is 38.5 Å². The van der Waals surface area contributed by atoms with Crippen molar-refractivity contribution < 1.29 is 57.1 Å². The highest BCUT2D eigenvalue weighted by atomic mass is 32.2. The monoisotopic (exact) mass is 889 g/mol. The van der Waals surface area contributed by atoms with Gasteiger partial charge in [0.25, 0.3) is 7.82 Å². The average molecular weight is 889 g/mol. The van der Waals surface area contributed by atoms with Gasteiger partial charge in [0.05, 0.1) is 33.9 Å². The summed E-state index contributed by atoms with van der Waals surface area (Å²) < 4.78 is 33.9. The third kappa shape index (κ3) is 37.5. The number of esters is 2. The van der Waals surface area contributed by atoms with Crippen molar-refractivity contribution >= 4 is 37.5 Å². The van der Waals surface area contributed by atoms with Crippen LogP contribution in [0, 0.1) is 0 Å². The number of phosphoric acid groups is 1. The summed E-state index contributed by atoms with van der Waals surface area (Å²) in [5.74, 6) is -2.32. The second kappa shape index (κ2) is 37.3. The van der Waals surface area contributed by atoms with Gasteiger partial charge in [0, 0.05) is 23.8 Å². The van der Waals surface area contributed by atoms with Crippen molar-refractivity contribution in [1.82, 2.24) is 0 Å². The summed E-state index contributed by atoms with van der Waals surface area (Å²) in [5, 5.41) is 19.5. The van der Waals surface area contributed by atoms with Crippen LogP contribution in [0.25, 0.3) is 0 Å². The van der Waals surface area contributed by atoms with Crippen LogP contribution in [-0.2, 0) is 37.5 Å². The lowest BCUT2D eigenvalue weighted by Gasteiger charge is -2.28. The van der Waals surface area contributed by atoms with E-state index < -0.39 is 62.4 Å². The lowest BCUT2D eigenvalue weighted by atomic mass is 10.1. The molecule has 348 valence electrons. The molecule has 5 atom stereocenters. The molecule has 0 aromatic rings. The first-order valence-corrected chi connectivity index (χ1v) is 24.8. The fourth-order valence-electron chi connectivity index (χ4n) is 5.67. The summed E-state index contributed by atoms with van der Waals surface area (Å²) in [6.07, 6.45) is 31.9. The summed E-state index contributed by atoms with van der Waals surface area (Å²) in [6, 6.07) is -1.19. The molecule has 13 nitrogen and oxygen atoms in total. The van der Waals surface area contributed by atoms with Gasteiger partial charge in [0.1, 0.15) is 25.8 Å². The number of carbonyl (C=O) groups is 3. The minimum absolute atomic E-state index is 0.0124. The molecule has 0 radical (unpaired) electrons. The standard InChI is InChI=1S/C45H81N2O11PS/c1-6-8-10-12-14-16-18-20-21-23-25-27-31-42(41(48)30-29-32-43(49)50)60-38-40(46)45(52)58-39(37-57-59(53,54)56-35-34-47(3,4)5)36-55-44(51)33-28-26-24-22-19-17-15-13-11-9-7-2/h14,16,20-21,23,25,27,31,39-42,48H,6-13,15,17-19,22,24,26,28-30,32-38,46H2,1-5H3,(H-,49,50,53,54)/b16-14-,21-20-,25-23+,31-27+/t39-,40+,41+,42-/m1/s1. The molecular formula is C45H81N2O11PS. The van der Waals surface area contributed by atoms with E-state index in [0.717, 1.165) is 32.1 Å². The predicted molar refractivity (Wildman–Crippen MR) is 241 cm³/mol. The molecule has 0 saturated heterocycles. The number of aliphatic carboxylic acids is 1. The number of aliphatic hydroxyl groups excluding tert-OH is 1. The van der Waals surface area contributed by atoms with Gasteiger partial charge in [-0.3, -0.25) is 18.9 Å². The minimum Gasteiger partial charge on any atom is -0.756 e. The van der Waals surface area contributed by atoms with Crippen LogP contribution < -0.4 is 10.6 Å². The molecule has 4 N–H and O–H groups in total. The number of quaternary nitrogens is 1. The number of thioether (sulfide) groups is 1. The first kappa shape index (κ1) is 57.7. The molecule has 0 rings (SSSR count). The number of likely N-dealkylation sites (N-methyl/N-ethyl adjacent to an activating group) is 1. The number of allylic oxidation sites excluding steroid dienone is 7. The molecule has 60 heavy (non-hydrogen) atoms. The summed E-state index contributed by atoms with van der Waals surface area (Å²) >= 11 is 1.20. The molecule has 0 amide bonds. The highest BCUT2D eigenvalue weighted by Gasteiger charge is 2.26. The number of nitrogens with zero attached hydrogens (tertiary/aromatic N) is 1. The highest BCUT2D eigenvalue weighted by molar-refractivity contribution is 8.00. The zero-order valence-corrected chi connectivity index (χ0v) is 39.3. The number of aliphatic hydroxyl groups is 1. The molecule has 0 aromatic carbocycles. The lowest BCUT2D eigenvalue weighted by molar-refractivity contribution is -0.870. The molecule has 1 unspecified atom stereocenters. The molecule has 0 fully saturated rings. The smallest absolute Gasteiger partial charge is 0.324 e. The number of carboxylic acids is 1. The number of unbranched alkanes of at least 4 members (excludes halogenated alkanes) is 13. The van der Waals surface area contributed by atoms with Crippen LogP contribution in [0.4, 0.5) is 0 Å². The number of carbonyl (C=O) groups excluding carboxylic acids is 2. The molecule has 0 aliphatic carbocycles. The van der Waals surface area contributed by atoms with Gasteiger partial charge in [0.2, 0.25) is 0 Å². The number of hydrogen-bond donors (Lipinski definition) is 3. The largest absolute Gasteiger partial charge is 0.756 e. The molecule has 0 aromatic heterocycles. The SMILES string of the molecule is CCCCC/C=C\C\C=C/C=C/C=C/[C@@H](SC[C@H](N)C(=O)O[C@H](COC(=O)CCCCCCCCCCCCC)COP(=O)([O-])OCC[N+](C)(C)C)[C@@H](O)CCCC(=O)O. The van der Waals surface area contributed by atoms with E-state index in [1.165, 1.54) is 76.0 Å². The van der Waals surface area contributed by atoms with Crippen molar-refractivity contribution in [1.29, 1.82) is 0 Å². The number of hydrogen-bond acceptors (Lipinski definition) is 12. The molecule has 0 aliphatic heterocycles. The Morgan fingerprint density at radius 2 is 1.40 bits per heavy atom. The minimum atomic E-state index is -4.78. The first-order chi connectivity index (χ1) is 28.6. The van der Waals surface area contributed by atoms with Crippen molar-refractivity contribution in [2.24, 2.45) is 5.73 Å². The maximum Gasteiger partial charge on any atom is 0.324 e. The van der Waals surface area contributed by atoms with Crippen LogP contribution >= 0.6 is 19.6 Å². The Labute approximate surface area is 366 Å². The van der Waals surface area contributed by atoms with Crippen molar-refractivity contribution in [2.45, 2.75) is 166 Å². The second-order valence-corrected chi connectivity index (χ2v) is 18.9. The highest BCUT2D eigenvalue weighted by Crippen LogP contribution is 2.38. The van der Waals surface area contributed by atoms with Gasteiger partial charge in [-0.15, -0.1) is 11.8 Å². The Hall–Kier alpha value is -2.29. The van der Waals surface area contributed by atoms with Gasteiger partial charge in [0.15, 0.2) is 6.10 Å². The van der Waals surface area contributed by atoms with E-state index in [1.807, 2.05) is 45.4 Å². The first-order valence-electron chi connectivity index (χ1n) is 22.3. The predicted octanol–water partition coefficient (Wildman–Crippen LogP) is 8.59. The summed E-state index contributed by atoms with van der Waals surface area (Å²) in [7, 11) is 0.863. The van der Waals surface area contributed by atoms with Crippen molar-refractivity contribution in [3.05, 3.63) is 48.6 Å². The Balaban J connectivity index is 5.36. The number of ether oxygens (including phenoxy) is 2. The van der Waals surface area contributed by atoms with Crippen LogP contribution in [0.1, 0.15) is 142 Å².